The van der Waals surface area contributed by atoms with Crippen LogP contribution in [0.4, 0.5) is 0 Å². The number of hydrogen-bond donors (Lipinski definition) is 0. The van der Waals surface area contributed by atoms with Gasteiger partial charge in [0.1, 0.15) is 35.2 Å². The number of hydrogen-bond acceptors (Lipinski definition) is 0. The van der Waals surface area contributed by atoms with Gasteiger partial charge in [0.25, 0.3) is 0 Å². The first-order valence-corrected chi connectivity index (χ1v) is 35.5. The third-order valence-electron chi connectivity index (χ3n) is 18.9. The second kappa shape index (κ2) is 35.6. The van der Waals surface area contributed by atoms with Crippen molar-refractivity contribution in [1.29, 1.82) is 0 Å². The number of aromatic nitrogens is 5. The SMILES string of the molecule is CCc1c[n+](C)c(-c2ccccc2C)cc1C(C)C.CCc1cc(-c2ccccc2C)[n+](C)cc1C(C)C.CCc1cc(-c2ccccc2C)[n+](C)cc1CC.Cc1cc(-c2ccccc2C)[n+](C)cc1CC(C)C.Cc1ccccc1-c1cc(C(C)C)c(C(C)C)c[n+]1C. The smallest absolute Gasteiger partial charge is 0.201 e. The van der Waals surface area contributed by atoms with Crippen molar-refractivity contribution in [2.24, 2.45) is 41.2 Å². The highest BCUT2D eigenvalue weighted by atomic mass is 14.9. The molecular weight excluding hydrogens is 1150 g/mol. The molecule has 0 saturated carbocycles. The standard InChI is InChI=1S/C19H26N.3C18H24N.C17H22N/c1-13(2)17-11-19(16-10-8-7-9-15(16)5)20(6)12-18(17)14(3)4;1-13(2)10-16-12-19(5)18(11-15(16)4)17-9-7-6-8-14(17)3;1-6-15-12-19(5)18(11-17(15)13(2)3)16-10-8-7-9-14(16)4;1-6-15-11-18(16-10-8-7-9-14(16)4)19(5)12-17(15)13(2)3;1-5-14-11-17(18(4)12-15(14)6-2)16-10-8-7-9-13(16)3/h7-14H,1-6H3;6-9,11-13H,10H2,1-5H3;2*7-13H,6H2,1-5H3;7-12H,5-6H2,1-4H3/q5*+1. The Morgan fingerprint density at radius 2 is 0.526 bits per heavy atom. The van der Waals surface area contributed by atoms with Crippen molar-refractivity contribution < 1.29 is 22.8 Å². The van der Waals surface area contributed by atoms with Crippen molar-refractivity contribution in [3.63, 3.8) is 0 Å². The van der Waals surface area contributed by atoms with Crippen LogP contribution < -0.4 is 22.8 Å². The Bertz CT molecular complexity index is 4150. The lowest BCUT2D eigenvalue weighted by atomic mass is 9.90. The third-order valence-corrected chi connectivity index (χ3v) is 18.9. The minimum absolute atomic E-state index is 0.552. The zero-order valence-corrected chi connectivity index (χ0v) is 63.5. The average Bonchev–Trinajstić information content (AvgIpc) is 0.944. The van der Waals surface area contributed by atoms with Gasteiger partial charge in [0.05, 0.1) is 0 Å². The normalized spacial score (nSPS) is 11.1. The van der Waals surface area contributed by atoms with Crippen molar-refractivity contribution in [3.05, 3.63) is 266 Å². The van der Waals surface area contributed by atoms with Gasteiger partial charge in [-0.2, -0.15) is 0 Å². The molecule has 5 aromatic carbocycles. The lowest BCUT2D eigenvalue weighted by Gasteiger charge is -2.16. The molecule has 0 amide bonds. The third kappa shape index (κ3) is 19.7. The van der Waals surface area contributed by atoms with Crippen LogP contribution in [0, 0.1) is 47.5 Å². The summed E-state index contributed by atoms with van der Waals surface area (Å²) in [5.41, 5.74) is 34.3. The number of benzene rings is 5. The van der Waals surface area contributed by atoms with Gasteiger partial charge in [-0.25, -0.2) is 22.8 Å². The van der Waals surface area contributed by atoms with Crippen LogP contribution in [0.3, 0.4) is 0 Å². The summed E-state index contributed by atoms with van der Waals surface area (Å²) in [6.07, 6.45) is 17.0. The van der Waals surface area contributed by atoms with Gasteiger partial charge in [-0.3, -0.25) is 0 Å². The minimum atomic E-state index is 0.552. The predicted octanol–water partition coefficient (Wildman–Crippen LogP) is 20.7. The van der Waals surface area contributed by atoms with Crippen LogP contribution in [0.15, 0.2) is 183 Å². The Labute approximate surface area is 577 Å². The molecule has 0 unspecified atom stereocenters. The first kappa shape index (κ1) is 75.9. The number of nitrogens with zero attached hydrogens (tertiary/aromatic N) is 5. The summed E-state index contributed by atoms with van der Waals surface area (Å²) in [5.74, 6) is 2.95. The topological polar surface area (TPSA) is 19.4 Å². The highest BCUT2D eigenvalue weighted by Gasteiger charge is 2.23. The van der Waals surface area contributed by atoms with Gasteiger partial charge >= 0.3 is 0 Å². The van der Waals surface area contributed by atoms with Crippen molar-refractivity contribution in [3.8, 4) is 56.3 Å². The summed E-state index contributed by atoms with van der Waals surface area (Å²) in [5, 5.41) is 0. The van der Waals surface area contributed by atoms with Crippen LogP contribution in [0.1, 0.15) is 204 Å². The maximum Gasteiger partial charge on any atom is 0.212 e. The summed E-state index contributed by atoms with van der Waals surface area (Å²) in [4.78, 5) is 0. The van der Waals surface area contributed by atoms with Crippen molar-refractivity contribution in [1.82, 2.24) is 0 Å². The first-order chi connectivity index (χ1) is 45.1. The van der Waals surface area contributed by atoms with E-state index in [1.807, 2.05) is 0 Å². The molecule has 0 radical (unpaired) electrons. The molecule has 5 aromatic heterocycles. The molecule has 0 atom stereocenters. The molecule has 0 aliphatic heterocycles. The molecule has 0 N–H and O–H groups in total. The Kier molecular flexibility index (Phi) is 28.4. The predicted molar refractivity (Wildman–Crippen MR) is 406 cm³/mol. The van der Waals surface area contributed by atoms with Crippen molar-refractivity contribution >= 4 is 0 Å². The van der Waals surface area contributed by atoms with Gasteiger partial charge in [-0.05, 0) is 189 Å². The van der Waals surface area contributed by atoms with Crippen LogP contribution in [0.2, 0.25) is 0 Å². The summed E-state index contributed by atoms with van der Waals surface area (Å²) in [6, 6.07) is 54.8. The molecule has 0 spiro atoms. The molecule has 0 aliphatic carbocycles. The maximum atomic E-state index is 2.38. The van der Waals surface area contributed by atoms with E-state index in [-0.39, 0.29) is 0 Å². The fraction of sp³-hybridized carbons (Fsp3) is 0.389. The molecule has 500 valence electrons. The Morgan fingerprint density at radius 3 is 0.853 bits per heavy atom. The molecule has 10 aromatic rings. The van der Waals surface area contributed by atoms with E-state index >= 15 is 0 Å². The largest absolute Gasteiger partial charge is 0.212 e. The van der Waals surface area contributed by atoms with E-state index in [4.69, 9.17) is 0 Å². The second-order valence-electron chi connectivity index (χ2n) is 28.2. The lowest BCUT2D eigenvalue weighted by Crippen LogP contribution is -2.32. The molecule has 0 fully saturated rings. The summed E-state index contributed by atoms with van der Waals surface area (Å²) >= 11 is 0. The van der Waals surface area contributed by atoms with E-state index in [9.17, 15) is 0 Å². The Hall–Kier alpha value is -8.15. The zero-order valence-electron chi connectivity index (χ0n) is 63.5. The zero-order chi connectivity index (χ0) is 70.0. The van der Waals surface area contributed by atoms with Crippen LogP contribution in [-0.2, 0) is 67.3 Å². The van der Waals surface area contributed by atoms with E-state index in [1.54, 1.807) is 0 Å². The van der Waals surface area contributed by atoms with Gasteiger partial charge in [0.15, 0.2) is 31.0 Å². The van der Waals surface area contributed by atoms with E-state index in [1.165, 1.54) is 140 Å². The van der Waals surface area contributed by atoms with E-state index in [2.05, 4.69) is 379 Å². The number of rotatable bonds is 15. The monoisotopic (exact) mass is 1270 g/mol. The fourth-order valence-corrected chi connectivity index (χ4v) is 13.2. The summed E-state index contributed by atoms with van der Waals surface area (Å²) in [7, 11) is 10.7. The van der Waals surface area contributed by atoms with Crippen molar-refractivity contribution in [2.45, 2.75) is 194 Å². The van der Waals surface area contributed by atoms with Crippen LogP contribution in [-0.4, -0.2) is 0 Å². The van der Waals surface area contributed by atoms with Crippen LogP contribution in [0.25, 0.3) is 56.3 Å². The quantitative estimate of drug-likeness (QED) is 0.0912. The molecule has 95 heavy (non-hydrogen) atoms. The lowest BCUT2D eigenvalue weighted by molar-refractivity contribution is -0.661. The van der Waals surface area contributed by atoms with Gasteiger partial charge < -0.3 is 0 Å². The molecule has 5 heteroatoms. The minimum Gasteiger partial charge on any atom is -0.201 e. The molecular formula is C90H120N5+5. The highest BCUT2D eigenvalue weighted by Crippen LogP contribution is 2.32. The molecule has 10 rings (SSSR count). The van der Waals surface area contributed by atoms with E-state index in [0.717, 1.165) is 32.1 Å². The van der Waals surface area contributed by atoms with Gasteiger partial charge in [-0.15, -0.1) is 0 Å². The molecule has 5 heterocycles. The van der Waals surface area contributed by atoms with Gasteiger partial charge in [0.2, 0.25) is 28.5 Å². The van der Waals surface area contributed by atoms with Gasteiger partial charge in [-0.1, -0.05) is 188 Å². The summed E-state index contributed by atoms with van der Waals surface area (Å²) in [6.45, 7) is 44.8. The fourth-order valence-electron chi connectivity index (χ4n) is 13.2. The highest BCUT2D eigenvalue weighted by molar-refractivity contribution is 5.65. The Morgan fingerprint density at radius 1 is 0.253 bits per heavy atom. The number of aryl methyl sites for hydroxylation is 15. The Balaban J connectivity index is 0.000000188. The number of pyridine rings is 5. The summed E-state index contributed by atoms with van der Waals surface area (Å²) < 4.78 is 11.3. The van der Waals surface area contributed by atoms with Crippen LogP contribution in [0.5, 0.6) is 0 Å². The second-order valence-corrected chi connectivity index (χ2v) is 28.2. The first-order valence-electron chi connectivity index (χ1n) is 35.5. The van der Waals surface area contributed by atoms with Crippen LogP contribution >= 0.6 is 0 Å². The molecule has 0 bridgehead atoms. The van der Waals surface area contributed by atoms with E-state index in [0.29, 0.717) is 29.6 Å². The average molecular weight is 1270 g/mol. The van der Waals surface area contributed by atoms with Crippen molar-refractivity contribution in [2.75, 3.05) is 0 Å². The van der Waals surface area contributed by atoms with E-state index < -0.39 is 0 Å². The molecule has 0 saturated heterocycles. The molecule has 5 nitrogen and oxygen atoms in total. The molecule has 0 aliphatic rings. The maximum absolute atomic E-state index is 2.38. The van der Waals surface area contributed by atoms with Gasteiger partial charge in [0, 0.05) is 86.0 Å².